The summed E-state index contributed by atoms with van der Waals surface area (Å²) in [4.78, 5) is 8.13. The number of piperidine rings is 1. The lowest BCUT2D eigenvalue weighted by Gasteiger charge is -2.33. The van der Waals surface area contributed by atoms with Gasteiger partial charge in [-0.2, -0.15) is 0 Å². The number of aliphatic imine (C=N–C) groups is 1. The molecule has 3 rings (SSSR count). The molecule has 0 aliphatic carbocycles. The van der Waals surface area contributed by atoms with Crippen molar-refractivity contribution in [2.45, 2.75) is 38.3 Å². The number of nitrogens with one attached hydrogen (secondary N) is 2. The third-order valence-electron chi connectivity index (χ3n) is 5.38. The van der Waals surface area contributed by atoms with E-state index in [-0.39, 0.29) is 29.8 Å². The van der Waals surface area contributed by atoms with Gasteiger partial charge in [0.15, 0.2) is 17.5 Å². The molecule has 30 heavy (non-hydrogen) atoms. The Bertz CT molecular complexity index is 794. The van der Waals surface area contributed by atoms with E-state index in [9.17, 15) is 4.39 Å². The zero-order chi connectivity index (χ0) is 20.6. The molecule has 1 atom stereocenters. The molecule has 1 aromatic carbocycles. The summed E-state index contributed by atoms with van der Waals surface area (Å²) in [5.74, 6) is 1.32. The number of hydrogen-bond donors (Lipinski definition) is 2. The predicted octanol–water partition coefficient (Wildman–Crippen LogP) is 4.45. The summed E-state index contributed by atoms with van der Waals surface area (Å²) in [5, 5.41) is 9.12. The van der Waals surface area contributed by atoms with Gasteiger partial charge in [0.2, 0.25) is 0 Å². The van der Waals surface area contributed by atoms with Gasteiger partial charge >= 0.3 is 0 Å². The van der Waals surface area contributed by atoms with Gasteiger partial charge in [0.05, 0.1) is 7.11 Å². The van der Waals surface area contributed by atoms with Crippen LogP contribution in [0.2, 0.25) is 0 Å². The highest BCUT2D eigenvalue weighted by Gasteiger charge is 2.20. The van der Waals surface area contributed by atoms with E-state index in [0.717, 1.165) is 50.5 Å². The highest BCUT2D eigenvalue weighted by Crippen LogP contribution is 2.21. The van der Waals surface area contributed by atoms with Gasteiger partial charge in [-0.3, -0.25) is 9.89 Å². The van der Waals surface area contributed by atoms with Crippen LogP contribution in [0.25, 0.3) is 0 Å². The van der Waals surface area contributed by atoms with Gasteiger partial charge in [-0.05, 0) is 42.0 Å². The highest BCUT2D eigenvalue weighted by molar-refractivity contribution is 14.0. The molecule has 2 heterocycles. The molecular formula is C22H32FIN4OS. The minimum absolute atomic E-state index is 0. The maximum atomic E-state index is 13.9. The SMILES string of the molecule is CN=C(NCC(C)c1cccs1)NC1CCN(Cc2ccc(OC)c(F)c2)CC1.I. The molecule has 0 bridgehead atoms. The van der Waals surface area contributed by atoms with Crippen LogP contribution in [0.4, 0.5) is 4.39 Å². The second kappa shape index (κ2) is 12.5. The smallest absolute Gasteiger partial charge is 0.191 e. The van der Waals surface area contributed by atoms with Crippen molar-refractivity contribution in [3.63, 3.8) is 0 Å². The molecule has 2 aromatic rings. The number of rotatable bonds is 7. The zero-order valence-corrected chi connectivity index (χ0v) is 21.0. The van der Waals surface area contributed by atoms with Gasteiger partial charge in [0, 0.05) is 50.1 Å². The predicted molar refractivity (Wildman–Crippen MR) is 134 cm³/mol. The number of hydrogen-bond acceptors (Lipinski definition) is 4. The number of ether oxygens (including phenoxy) is 1. The van der Waals surface area contributed by atoms with E-state index >= 15 is 0 Å². The summed E-state index contributed by atoms with van der Waals surface area (Å²) in [6, 6.07) is 9.89. The molecule has 2 N–H and O–H groups in total. The largest absolute Gasteiger partial charge is 0.494 e. The third kappa shape index (κ3) is 7.09. The molecule has 1 saturated heterocycles. The van der Waals surface area contributed by atoms with Crippen molar-refractivity contribution in [1.29, 1.82) is 0 Å². The van der Waals surface area contributed by atoms with E-state index < -0.39 is 0 Å². The summed E-state index contributed by atoms with van der Waals surface area (Å²) >= 11 is 1.79. The van der Waals surface area contributed by atoms with Gasteiger partial charge in [0.25, 0.3) is 0 Å². The molecule has 1 aliphatic heterocycles. The molecule has 5 nitrogen and oxygen atoms in total. The van der Waals surface area contributed by atoms with Crippen molar-refractivity contribution < 1.29 is 9.13 Å². The van der Waals surface area contributed by atoms with Gasteiger partial charge in [-0.1, -0.05) is 19.1 Å². The third-order valence-corrected chi connectivity index (χ3v) is 6.48. The van der Waals surface area contributed by atoms with Gasteiger partial charge in [-0.15, -0.1) is 35.3 Å². The van der Waals surface area contributed by atoms with Crippen LogP contribution in [0, 0.1) is 5.82 Å². The van der Waals surface area contributed by atoms with E-state index in [1.165, 1.54) is 12.0 Å². The number of guanidine groups is 1. The van der Waals surface area contributed by atoms with E-state index in [4.69, 9.17) is 4.74 Å². The summed E-state index contributed by atoms with van der Waals surface area (Å²) in [7, 11) is 3.31. The minimum atomic E-state index is -0.298. The topological polar surface area (TPSA) is 48.9 Å². The Morgan fingerprint density at radius 3 is 2.70 bits per heavy atom. The van der Waals surface area contributed by atoms with Crippen LogP contribution < -0.4 is 15.4 Å². The van der Waals surface area contributed by atoms with Crippen LogP contribution in [0.3, 0.4) is 0 Å². The molecule has 1 aromatic heterocycles. The first kappa shape index (κ1) is 24.9. The number of thiophene rings is 1. The van der Waals surface area contributed by atoms with E-state index in [1.54, 1.807) is 23.5 Å². The van der Waals surface area contributed by atoms with Gasteiger partial charge in [0.1, 0.15) is 0 Å². The first-order valence-corrected chi connectivity index (χ1v) is 11.0. The first-order valence-electron chi connectivity index (χ1n) is 10.1. The zero-order valence-electron chi connectivity index (χ0n) is 17.9. The van der Waals surface area contributed by atoms with Crippen molar-refractivity contribution in [3.8, 4) is 5.75 Å². The molecule has 0 saturated carbocycles. The van der Waals surface area contributed by atoms with Crippen LogP contribution >= 0.6 is 35.3 Å². The molecule has 0 radical (unpaired) electrons. The maximum absolute atomic E-state index is 13.9. The fourth-order valence-electron chi connectivity index (χ4n) is 3.61. The molecule has 0 spiro atoms. The van der Waals surface area contributed by atoms with Crippen LogP contribution in [0.15, 0.2) is 40.7 Å². The monoisotopic (exact) mass is 546 g/mol. The Balaban J connectivity index is 0.00000320. The Hall–Kier alpha value is -1.39. The van der Waals surface area contributed by atoms with Crippen molar-refractivity contribution in [3.05, 3.63) is 52.0 Å². The Labute approximate surface area is 200 Å². The normalized spacial score (nSPS) is 16.6. The summed E-state index contributed by atoms with van der Waals surface area (Å²) in [5.41, 5.74) is 0.981. The Morgan fingerprint density at radius 1 is 1.33 bits per heavy atom. The van der Waals surface area contributed by atoms with Crippen molar-refractivity contribution in [2.75, 3.05) is 33.8 Å². The molecule has 1 fully saturated rings. The fraction of sp³-hybridized carbons (Fsp3) is 0.500. The van der Waals surface area contributed by atoms with Gasteiger partial charge in [-0.25, -0.2) is 4.39 Å². The Morgan fingerprint density at radius 2 is 2.10 bits per heavy atom. The summed E-state index contributed by atoms with van der Waals surface area (Å²) in [6.07, 6.45) is 2.08. The van der Waals surface area contributed by atoms with Crippen molar-refractivity contribution in [2.24, 2.45) is 4.99 Å². The Kier molecular flexibility index (Phi) is 10.3. The highest BCUT2D eigenvalue weighted by atomic mass is 127. The molecule has 166 valence electrons. The molecule has 8 heteroatoms. The standard InChI is InChI=1S/C22H31FN4OS.HI/c1-16(21-5-4-12-29-21)14-25-22(24-2)26-18-8-10-27(11-9-18)15-17-6-7-20(28-3)19(23)13-17;/h4-7,12-13,16,18H,8-11,14-15H2,1-3H3,(H2,24,25,26);1H. The number of methoxy groups -OCH3 is 1. The van der Waals surface area contributed by atoms with Crippen LogP contribution in [0.1, 0.15) is 36.1 Å². The molecule has 1 unspecified atom stereocenters. The first-order chi connectivity index (χ1) is 14.1. The lowest BCUT2D eigenvalue weighted by molar-refractivity contribution is 0.198. The lowest BCUT2D eigenvalue weighted by Crippen LogP contribution is -2.49. The number of nitrogens with zero attached hydrogens (tertiary/aromatic N) is 2. The van der Waals surface area contributed by atoms with E-state index in [0.29, 0.717) is 17.7 Å². The van der Waals surface area contributed by atoms with E-state index in [1.807, 2.05) is 13.1 Å². The molecule has 0 amide bonds. The molecular weight excluding hydrogens is 514 g/mol. The van der Waals surface area contributed by atoms with E-state index in [2.05, 4.69) is 45.0 Å². The maximum Gasteiger partial charge on any atom is 0.191 e. The summed E-state index contributed by atoms with van der Waals surface area (Å²) < 4.78 is 18.9. The second-order valence-corrected chi connectivity index (χ2v) is 8.51. The average Bonchev–Trinajstić information content (AvgIpc) is 3.27. The number of likely N-dealkylation sites (tertiary alicyclic amines) is 1. The lowest BCUT2D eigenvalue weighted by atomic mass is 10.0. The quantitative estimate of drug-likeness (QED) is 0.306. The average molecular weight is 546 g/mol. The molecule has 1 aliphatic rings. The van der Waals surface area contributed by atoms with Crippen molar-refractivity contribution >= 4 is 41.3 Å². The second-order valence-electron chi connectivity index (χ2n) is 7.53. The number of benzene rings is 1. The minimum Gasteiger partial charge on any atom is -0.494 e. The summed E-state index contributed by atoms with van der Waals surface area (Å²) in [6.45, 7) is 5.81. The number of halogens is 2. The van der Waals surface area contributed by atoms with Crippen LogP contribution in [0.5, 0.6) is 5.75 Å². The fourth-order valence-corrected chi connectivity index (χ4v) is 4.40. The van der Waals surface area contributed by atoms with Crippen LogP contribution in [-0.4, -0.2) is 50.7 Å². The van der Waals surface area contributed by atoms with Gasteiger partial charge < -0.3 is 15.4 Å². The van der Waals surface area contributed by atoms with Crippen molar-refractivity contribution in [1.82, 2.24) is 15.5 Å². The van der Waals surface area contributed by atoms with Crippen LogP contribution in [-0.2, 0) is 6.54 Å².